The van der Waals surface area contributed by atoms with Crippen LogP contribution in [0.4, 0.5) is 11.5 Å². The molecule has 0 bridgehead atoms. The van der Waals surface area contributed by atoms with Crippen LogP contribution in [0.1, 0.15) is 6.42 Å². The molecule has 4 rings (SSSR count). The highest BCUT2D eigenvalue weighted by Crippen LogP contribution is 2.32. The molecule has 0 atom stereocenters. The number of pyridine rings is 1. The van der Waals surface area contributed by atoms with E-state index in [1.165, 1.54) is 6.33 Å². The fraction of sp³-hybridized carbons (Fsp3) is 0.350. The van der Waals surface area contributed by atoms with E-state index >= 15 is 0 Å². The van der Waals surface area contributed by atoms with Crippen LogP contribution < -0.4 is 15.8 Å². The molecule has 1 aromatic carbocycles. The molecule has 0 saturated carbocycles. The van der Waals surface area contributed by atoms with Gasteiger partial charge in [-0.1, -0.05) is 18.2 Å². The molecule has 1 fully saturated rings. The molecule has 8 nitrogen and oxygen atoms in total. The standard InChI is InChI=1S/C20H24N6O2/c21-17-19(23-8-3-9-26-10-12-27-13-11-26)24-14-25-20(17)28-16-6-1-4-15-5-2-7-22-18(15)16/h1-2,4-7,14H,3,8-13,21H2,(H,23,24,25). The van der Waals surface area contributed by atoms with Gasteiger partial charge in [-0.05, 0) is 25.1 Å². The van der Waals surface area contributed by atoms with E-state index in [9.17, 15) is 0 Å². The predicted octanol–water partition coefficient (Wildman–Crippen LogP) is 2.53. The number of para-hydroxylation sites is 1. The molecule has 1 saturated heterocycles. The predicted molar refractivity (Wildman–Crippen MR) is 109 cm³/mol. The van der Waals surface area contributed by atoms with E-state index in [1.54, 1.807) is 6.20 Å². The van der Waals surface area contributed by atoms with Crippen molar-refractivity contribution in [3.8, 4) is 11.6 Å². The minimum absolute atomic E-state index is 0.323. The average molecular weight is 380 g/mol. The highest BCUT2D eigenvalue weighted by molar-refractivity contribution is 5.84. The number of hydrogen-bond donors (Lipinski definition) is 2. The van der Waals surface area contributed by atoms with Crippen molar-refractivity contribution in [2.75, 3.05) is 50.4 Å². The molecule has 0 spiro atoms. The molecule has 1 aliphatic rings. The van der Waals surface area contributed by atoms with Gasteiger partial charge in [-0.3, -0.25) is 9.88 Å². The Kier molecular flexibility index (Phi) is 5.79. The van der Waals surface area contributed by atoms with Gasteiger partial charge in [0.1, 0.15) is 17.5 Å². The number of morpholine rings is 1. The van der Waals surface area contributed by atoms with E-state index in [4.69, 9.17) is 15.2 Å². The number of benzene rings is 1. The lowest BCUT2D eigenvalue weighted by Crippen LogP contribution is -2.37. The molecule has 0 radical (unpaired) electrons. The quantitative estimate of drug-likeness (QED) is 0.604. The molecule has 0 aliphatic carbocycles. The maximum atomic E-state index is 6.24. The van der Waals surface area contributed by atoms with Gasteiger partial charge < -0.3 is 20.5 Å². The molecule has 8 heteroatoms. The number of ether oxygens (including phenoxy) is 2. The zero-order chi connectivity index (χ0) is 19.2. The first-order valence-electron chi connectivity index (χ1n) is 9.47. The summed E-state index contributed by atoms with van der Waals surface area (Å²) in [4.78, 5) is 15.2. The zero-order valence-corrected chi connectivity index (χ0v) is 15.7. The van der Waals surface area contributed by atoms with E-state index in [0.717, 1.165) is 56.7 Å². The van der Waals surface area contributed by atoms with Crippen molar-refractivity contribution in [2.45, 2.75) is 6.42 Å². The Bertz CT molecular complexity index is 924. The Hall–Kier alpha value is -2.97. The van der Waals surface area contributed by atoms with Gasteiger partial charge >= 0.3 is 0 Å². The molecule has 1 aliphatic heterocycles. The largest absolute Gasteiger partial charge is 0.435 e. The van der Waals surface area contributed by atoms with Crippen molar-refractivity contribution < 1.29 is 9.47 Å². The Balaban J connectivity index is 1.40. The summed E-state index contributed by atoms with van der Waals surface area (Å²) in [5.41, 5.74) is 7.40. The summed E-state index contributed by atoms with van der Waals surface area (Å²) in [6, 6.07) is 9.64. The molecule has 146 valence electrons. The molecule has 3 aromatic rings. The second kappa shape index (κ2) is 8.81. The number of anilines is 2. The number of nitrogens with zero attached hydrogens (tertiary/aromatic N) is 4. The van der Waals surface area contributed by atoms with E-state index in [-0.39, 0.29) is 0 Å². The summed E-state index contributed by atoms with van der Waals surface area (Å²) >= 11 is 0. The summed E-state index contributed by atoms with van der Waals surface area (Å²) in [5.74, 6) is 1.52. The van der Waals surface area contributed by atoms with Crippen LogP contribution >= 0.6 is 0 Å². The van der Waals surface area contributed by atoms with Crippen molar-refractivity contribution in [1.29, 1.82) is 0 Å². The number of hydrogen-bond acceptors (Lipinski definition) is 8. The van der Waals surface area contributed by atoms with Crippen LogP contribution in [0.15, 0.2) is 42.9 Å². The molecule has 0 amide bonds. The molecule has 2 aromatic heterocycles. The van der Waals surface area contributed by atoms with E-state index < -0.39 is 0 Å². The lowest BCUT2D eigenvalue weighted by atomic mass is 10.2. The van der Waals surface area contributed by atoms with Gasteiger partial charge in [0.2, 0.25) is 5.88 Å². The Morgan fingerprint density at radius 2 is 1.96 bits per heavy atom. The molecular formula is C20H24N6O2. The zero-order valence-electron chi connectivity index (χ0n) is 15.7. The van der Waals surface area contributed by atoms with Crippen molar-refractivity contribution >= 4 is 22.4 Å². The van der Waals surface area contributed by atoms with Crippen LogP contribution in [0.2, 0.25) is 0 Å². The van der Waals surface area contributed by atoms with Crippen LogP contribution in [-0.2, 0) is 4.74 Å². The summed E-state index contributed by atoms with van der Waals surface area (Å²) < 4.78 is 11.3. The van der Waals surface area contributed by atoms with Crippen LogP contribution in [0.3, 0.4) is 0 Å². The average Bonchev–Trinajstić information content (AvgIpc) is 2.74. The summed E-state index contributed by atoms with van der Waals surface area (Å²) in [6.07, 6.45) is 4.18. The first-order valence-corrected chi connectivity index (χ1v) is 9.47. The van der Waals surface area contributed by atoms with Crippen LogP contribution in [0, 0.1) is 0 Å². The number of nitrogens with one attached hydrogen (secondary N) is 1. The molecule has 3 N–H and O–H groups in total. The van der Waals surface area contributed by atoms with Gasteiger partial charge in [0.05, 0.1) is 13.2 Å². The number of nitrogens with two attached hydrogens (primary N) is 1. The van der Waals surface area contributed by atoms with Crippen molar-refractivity contribution in [2.24, 2.45) is 0 Å². The van der Waals surface area contributed by atoms with Gasteiger partial charge in [-0.15, -0.1) is 0 Å². The maximum absolute atomic E-state index is 6.24. The van der Waals surface area contributed by atoms with Crippen LogP contribution in [0.5, 0.6) is 11.6 Å². The normalized spacial score (nSPS) is 14.9. The summed E-state index contributed by atoms with van der Waals surface area (Å²) in [5, 5.41) is 4.28. The first-order chi connectivity index (χ1) is 13.8. The highest BCUT2D eigenvalue weighted by Gasteiger charge is 2.13. The number of fused-ring (bicyclic) bond motifs is 1. The summed E-state index contributed by atoms with van der Waals surface area (Å²) in [6.45, 7) is 5.41. The van der Waals surface area contributed by atoms with Gasteiger partial charge in [0, 0.05) is 31.2 Å². The maximum Gasteiger partial charge on any atom is 0.248 e. The van der Waals surface area contributed by atoms with Crippen LogP contribution in [-0.4, -0.2) is 59.2 Å². The Labute approximate surface area is 163 Å². The minimum atomic E-state index is 0.323. The molecule has 28 heavy (non-hydrogen) atoms. The van der Waals surface area contributed by atoms with Gasteiger partial charge in [-0.25, -0.2) is 4.98 Å². The van der Waals surface area contributed by atoms with E-state index in [2.05, 4.69) is 25.2 Å². The fourth-order valence-corrected chi connectivity index (χ4v) is 3.20. The van der Waals surface area contributed by atoms with Crippen molar-refractivity contribution in [1.82, 2.24) is 19.9 Å². The third kappa shape index (κ3) is 4.29. The lowest BCUT2D eigenvalue weighted by molar-refractivity contribution is 0.0378. The minimum Gasteiger partial charge on any atom is -0.435 e. The third-order valence-electron chi connectivity index (χ3n) is 4.70. The molecule has 0 unspecified atom stereocenters. The molecule has 3 heterocycles. The van der Waals surface area contributed by atoms with Crippen molar-refractivity contribution in [3.05, 3.63) is 42.9 Å². The number of nitrogen functional groups attached to an aromatic ring is 1. The second-order valence-corrected chi connectivity index (χ2v) is 6.61. The molecular weight excluding hydrogens is 356 g/mol. The number of rotatable bonds is 7. The lowest BCUT2D eigenvalue weighted by Gasteiger charge is -2.26. The third-order valence-corrected chi connectivity index (χ3v) is 4.70. The summed E-state index contributed by atoms with van der Waals surface area (Å²) in [7, 11) is 0. The van der Waals surface area contributed by atoms with E-state index in [0.29, 0.717) is 23.1 Å². The smallest absolute Gasteiger partial charge is 0.248 e. The number of aromatic nitrogens is 3. The Morgan fingerprint density at radius 3 is 2.86 bits per heavy atom. The second-order valence-electron chi connectivity index (χ2n) is 6.61. The highest BCUT2D eigenvalue weighted by atomic mass is 16.5. The van der Waals surface area contributed by atoms with Crippen LogP contribution in [0.25, 0.3) is 10.9 Å². The first kappa shape index (κ1) is 18.4. The fourth-order valence-electron chi connectivity index (χ4n) is 3.20. The van der Waals surface area contributed by atoms with Gasteiger partial charge in [-0.2, -0.15) is 4.98 Å². The van der Waals surface area contributed by atoms with E-state index in [1.807, 2.05) is 30.3 Å². The SMILES string of the molecule is Nc1c(NCCCN2CCOCC2)ncnc1Oc1cccc2cccnc12. The van der Waals surface area contributed by atoms with Crippen molar-refractivity contribution in [3.63, 3.8) is 0 Å². The topological polar surface area (TPSA) is 98.4 Å². The monoisotopic (exact) mass is 380 g/mol. The Morgan fingerprint density at radius 1 is 1.11 bits per heavy atom. The van der Waals surface area contributed by atoms with Gasteiger partial charge in [0.15, 0.2) is 11.6 Å². The van der Waals surface area contributed by atoms with Gasteiger partial charge in [0.25, 0.3) is 0 Å².